The van der Waals surface area contributed by atoms with Crippen molar-refractivity contribution < 1.29 is 23.8 Å². The van der Waals surface area contributed by atoms with Crippen LogP contribution in [-0.4, -0.2) is 31.2 Å². The van der Waals surface area contributed by atoms with Crippen molar-refractivity contribution in [2.45, 2.75) is 45.6 Å². The number of allylic oxidation sites excluding steroid dienone is 2. The van der Waals surface area contributed by atoms with Gasteiger partial charge in [0, 0.05) is 29.3 Å². The van der Waals surface area contributed by atoms with Crippen LogP contribution in [0.1, 0.15) is 50.2 Å². The minimum absolute atomic E-state index is 0.0511. The van der Waals surface area contributed by atoms with Gasteiger partial charge in [-0.25, -0.2) is 0 Å². The van der Waals surface area contributed by atoms with E-state index in [0.717, 1.165) is 29.7 Å². The van der Waals surface area contributed by atoms with Gasteiger partial charge in [0.2, 0.25) is 0 Å². The molecule has 2 aliphatic rings. The number of hydrogen-bond donors (Lipinski definition) is 0. The molecular formula is C27H29NO5. The van der Waals surface area contributed by atoms with Gasteiger partial charge in [-0.15, -0.1) is 0 Å². The number of hydrogen-bond acceptors (Lipinski definition) is 6. The second-order valence-corrected chi connectivity index (χ2v) is 8.28. The topological polar surface area (TPSA) is 74.2 Å². The standard InChI is InChI=1S/C27H29NO5/c1-4-32-27(30)24-17(2)28-20-11-8-12-21(29)26(20)25(24)19-13-14-22(23(15-19)31-3)33-16-18-9-6-5-7-10-18/h5-7,9-10,13-15,24-25H,4,8,11-12,16H2,1-3H3/t24?,25-/m1/s1. The molecule has 0 saturated carbocycles. The summed E-state index contributed by atoms with van der Waals surface area (Å²) in [6.45, 7) is 4.29. The van der Waals surface area contributed by atoms with Crippen LogP contribution in [0.2, 0.25) is 0 Å². The Morgan fingerprint density at radius 3 is 2.61 bits per heavy atom. The van der Waals surface area contributed by atoms with E-state index in [0.29, 0.717) is 35.8 Å². The fourth-order valence-corrected chi connectivity index (χ4v) is 4.64. The summed E-state index contributed by atoms with van der Waals surface area (Å²) in [5, 5.41) is 0. The molecule has 2 atom stereocenters. The molecule has 2 aromatic carbocycles. The minimum Gasteiger partial charge on any atom is -0.493 e. The first-order chi connectivity index (χ1) is 16.0. The van der Waals surface area contributed by atoms with Gasteiger partial charge in [-0.3, -0.25) is 14.6 Å². The number of Topliss-reactive ketones (excluding diaryl/α,β-unsaturated/α-hetero) is 1. The summed E-state index contributed by atoms with van der Waals surface area (Å²) in [5.74, 6) is -0.264. The number of carbonyl (C=O) groups excluding carboxylic acids is 2. The van der Waals surface area contributed by atoms with Crippen LogP contribution < -0.4 is 9.47 Å². The number of nitrogens with zero attached hydrogens (tertiary/aromatic N) is 1. The van der Waals surface area contributed by atoms with Crippen molar-refractivity contribution >= 4 is 17.5 Å². The first kappa shape index (κ1) is 22.8. The molecule has 0 radical (unpaired) electrons. The molecule has 4 rings (SSSR count). The number of benzene rings is 2. The lowest BCUT2D eigenvalue weighted by atomic mass is 9.71. The maximum atomic E-state index is 13.0. The number of methoxy groups -OCH3 is 1. The summed E-state index contributed by atoms with van der Waals surface area (Å²) >= 11 is 0. The quantitative estimate of drug-likeness (QED) is 0.557. The van der Waals surface area contributed by atoms with Crippen LogP contribution in [0, 0.1) is 5.92 Å². The normalized spacial score (nSPS) is 20.1. The molecule has 1 aliphatic heterocycles. The fourth-order valence-electron chi connectivity index (χ4n) is 4.64. The Labute approximate surface area is 194 Å². The van der Waals surface area contributed by atoms with Gasteiger partial charge in [-0.05, 0) is 49.9 Å². The SMILES string of the molecule is CCOC(=O)C1C(C)=NC2=C(C(=O)CCC2)[C@@H]1c1ccc(OCc2ccccc2)c(OC)c1. The van der Waals surface area contributed by atoms with Gasteiger partial charge in [0.05, 0.1) is 13.7 Å². The number of ether oxygens (including phenoxy) is 3. The van der Waals surface area contributed by atoms with E-state index < -0.39 is 11.8 Å². The molecule has 0 spiro atoms. The second kappa shape index (κ2) is 10.0. The third-order valence-electron chi connectivity index (χ3n) is 6.16. The molecule has 1 aliphatic carbocycles. The van der Waals surface area contributed by atoms with Gasteiger partial charge < -0.3 is 14.2 Å². The summed E-state index contributed by atoms with van der Waals surface area (Å²) in [7, 11) is 1.58. The van der Waals surface area contributed by atoms with Crippen LogP contribution in [-0.2, 0) is 20.9 Å². The molecule has 33 heavy (non-hydrogen) atoms. The van der Waals surface area contributed by atoms with Crippen molar-refractivity contribution in [3.05, 3.63) is 70.9 Å². The summed E-state index contributed by atoms with van der Waals surface area (Å²) < 4.78 is 17.0. The Morgan fingerprint density at radius 2 is 1.88 bits per heavy atom. The zero-order chi connectivity index (χ0) is 23.4. The molecule has 172 valence electrons. The van der Waals surface area contributed by atoms with Crippen LogP contribution in [0.5, 0.6) is 11.5 Å². The minimum atomic E-state index is -0.647. The lowest BCUT2D eigenvalue weighted by Crippen LogP contribution is -2.37. The Kier molecular flexibility index (Phi) is 6.92. The van der Waals surface area contributed by atoms with Crippen LogP contribution in [0.3, 0.4) is 0 Å². The molecule has 0 fully saturated rings. The van der Waals surface area contributed by atoms with Crippen molar-refractivity contribution in [3.63, 3.8) is 0 Å². The smallest absolute Gasteiger partial charge is 0.315 e. The second-order valence-electron chi connectivity index (χ2n) is 8.28. The van der Waals surface area contributed by atoms with E-state index in [2.05, 4.69) is 4.99 Å². The first-order valence-corrected chi connectivity index (χ1v) is 11.4. The molecule has 0 aromatic heterocycles. The number of ketones is 1. The largest absolute Gasteiger partial charge is 0.493 e. The highest BCUT2D eigenvalue weighted by atomic mass is 16.5. The molecule has 6 heteroatoms. The summed E-state index contributed by atoms with van der Waals surface area (Å²) in [4.78, 5) is 30.6. The van der Waals surface area contributed by atoms with Crippen LogP contribution >= 0.6 is 0 Å². The highest BCUT2D eigenvalue weighted by molar-refractivity contribution is 6.08. The Hall–Kier alpha value is -3.41. The zero-order valence-corrected chi connectivity index (χ0v) is 19.3. The van der Waals surface area contributed by atoms with E-state index in [4.69, 9.17) is 14.2 Å². The predicted octanol–water partition coefficient (Wildman–Crippen LogP) is 5.02. The van der Waals surface area contributed by atoms with E-state index in [1.54, 1.807) is 14.0 Å². The number of esters is 1. The fraction of sp³-hybridized carbons (Fsp3) is 0.370. The summed E-state index contributed by atoms with van der Waals surface area (Å²) in [6.07, 6.45) is 1.98. The Balaban J connectivity index is 1.72. The molecule has 0 bridgehead atoms. The zero-order valence-electron chi connectivity index (χ0n) is 19.3. The predicted molar refractivity (Wildman–Crippen MR) is 126 cm³/mol. The van der Waals surface area contributed by atoms with E-state index in [9.17, 15) is 9.59 Å². The Morgan fingerprint density at radius 1 is 1.09 bits per heavy atom. The lowest BCUT2D eigenvalue weighted by molar-refractivity contribution is -0.146. The Bertz CT molecular complexity index is 1100. The van der Waals surface area contributed by atoms with E-state index in [-0.39, 0.29) is 18.4 Å². The van der Waals surface area contributed by atoms with E-state index in [1.807, 2.05) is 55.5 Å². The van der Waals surface area contributed by atoms with Gasteiger partial charge in [0.25, 0.3) is 0 Å². The van der Waals surface area contributed by atoms with E-state index in [1.165, 1.54) is 0 Å². The highest BCUT2D eigenvalue weighted by Crippen LogP contribution is 2.45. The first-order valence-electron chi connectivity index (χ1n) is 11.4. The molecule has 2 aromatic rings. The van der Waals surface area contributed by atoms with Gasteiger partial charge in [-0.2, -0.15) is 0 Å². The highest BCUT2D eigenvalue weighted by Gasteiger charge is 2.43. The summed E-state index contributed by atoms with van der Waals surface area (Å²) in [6, 6.07) is 15.5. The monoisotopic (exact) mass is 447 g/mol. The van der Waals surface area contributed by atoms with Gasteiger partial charge in [0.15, 0.2) is 17.3 Å². The van der Waals surface area contributed by atoms with Gasteiger partial charge >= 0.3 is 5.97 Å². The van der Waals surface area contributed by atoms with Crippen LogP contribution in [0.25, 0.3) is 0 Å². The number of carbonyl (C=O) groups is 2. The maximum absolute atomic E-state index is 13.0. The number of rotatable bonds is 7. The third-order valence-corrected chi connectivity index (χ3v) is 6.16. The molecule has 6 nitrogen and oxygen atoms in total. The van der Waals surface area contributed by atoms with Crippen LogP contribution in [0.4, 0.5) is 0 Å². The van der Waals surface area contributed by atoms with Gasteiger partial charge in [-0.1, -0.05) is 36.4 Å². The molecule has 0 N–H and O–H groups in total. The molecule has 1 unspecified atom stereocenters. The van der Waals surface area contributed by atoms with Crippen molar-refractivity contribution in [2.75, 3.05) is 13.7 Å². The van der Waals surface area contributed by atoms with Crippen molar-refractivity contribution in [1.29, 1.82) is 0 Å². The van der Waals surface area contributed by atoms with Crippen molar-refractivity contribution in [2.24, 2.45) is 10.9 Å². The van der Waals surface area contributed by atoms with Crippen molar-refractivity contribution in [1.82, 2.24) is 0 Å². The molecular weight excluding hydrogens is 418 g/mol. The summed E-state index contributed by atoms with van der Waals surface area (Å²) in [5.41, 5.74) is 3.96. The average Bonchev–Trinajstić information content (AvgIpc) is 2.82. The maximum Gasteiger partial charge on any atom is 0.315 e. The molecule has 1 heterocycles. The van der Waals surface area contributed by atoms with Crippen molar-refractivity contribution in [3.8, 4) is 11.5 Å². The molecule has 0 amide bonds. The van der Waals surface area contributed by atoms with E-state index >= 15 is 0 Å². The third kappa shape index (κ3) is 4.70. The van der Waals surface area contributed by atoms with Gasteiger partial charge in [0.1, 0.15) is 12.5 Å². The van der Waals surface area contributed by atoms with Crippen LogP contribution in [0.15, 0.2) is 64.8 Å². The molecule has 0 saturated heterocycles. The lowest BCUT2D eigenvalue weighted by Gasteiger charge is -2.34. The average molecular weight is 448 g/mol. The number of aliphatic imine (C=N–C) groups is 1.